The summed E-state index contributed by atoms with van der Waals surface area (Å²) in [5, 5.41) is 6.39. The van der Waals surface area contributed by atoms with Crippen molar-refractivity contribution in [1.29, 1.82) is 0 Å². The molecule has 0 atom stereocenters. The lowest BCUT2D eigenvalue weighted by Gasteiger charge is -2.13. The average Bonchev–Trinajstić information content (AvgIpc) is 2.60. The summed E-state index contributed by atoms with van der Waals surface area (Å²) in [5.74, 6) is 0.830. The van der Waals surface area contributed by atoms with Crippen molar-refractivity contribution in [2.24, 2.45) is 4.99 Å². The molecule has 0 amide bonds. The molecule has 0 spiro atoms. The Morgan fingerprint density at radius 1 is 1.00 bits per heavy atom. The molecule has 2 aromatic carbocycles. The molecule has 27 heavy (non-hydrogen) atoms. The molecule has 2 N–H and O–H groups in total. The van der Waals surface area contributed by atoms with Crippen molar-refractivity contribution < 1.29 is 17.9 Å². The fraction of sp³-hybridized carbons (Fsp3) is 0.316. The Balaban J connectivity index is 0.00000364. The molecule has 4 nitrogen and oxygen atoms in total. The van der Waals surface area contributed by atoms with Crippen LogP contribution in [0.5, 0.6) is 5.75 Å². The van der Waals surface area contributed by atoms with E-state index in [9.17, 15) is 13.2 Å². The second-order valence-corrected chi connectivity index (χ2v) is 5.82. The topological polar surface area (TPSA) is 45.7 Å². The molecule has 0 aliphatic carbocycles. The van der Waals surface area contributed by atoms with Gasteiger partial charge in [-0.2, -0.15) is 13.2 Å². The van der Waals surface area contributed by atoms with E-state index in [-0.39, 0.29) is 29.7 Å². The van der Waals surface area contributed by atoms with Gasteiger partial charge < -0.3 is 15.4 Å². The maximum Gasteiger partial charge on any atom is 0.422 e. The minimum absolute atomic E-state index is 0. The molecule has 2 aromatic rings. The lowest BCUT2D eigenvalue weighted by molar-refractivity contribution is -0.153. The van der Waals surface area contributed by atoms with Gasteiger partial charge in [0.15, 0.2) is 12.6 Å². The molecule has 148 valence electrons. The first-order valence-corrected chi connectivity index (χ1v) is 8.14. The van der Waals surface area contributed by atoms with E-state index >= 15 is 0 Å². The maximum absolute atomic E-state index is 12.1. The van der Waals surface area contributed by atoms with Gasteiger partial charge in [-0.25, -0.2) is 0 Å². The second kappa shape index (κ2) is 11.0. The summed E-state index contributed by atoms with van der Waals surface area (Å²) < 4.78 is 41.1. The number of ether oxygens (including phenoxy) is 1. The van der Waals surface area contributed by atoms with Crippen molar-refractivity contribution in [3.8, 4) is 5.75 Å². The van der Waals surface area contributed by atoms with E-state index in [4.69, 9.17) is 0 Å². The van der Waals surface area contributed by atoms with Gasteiger partial charge in [0.05, 0.1) is 0 Å². The number of hydrogen-bond acceptors (Lipinski definition) is 2. The fourth-order valence-electron chi connectivity index (χ4n) is 2.28. The normalized spacial score (nSPS) is 11.5. The van der Waals surface area contributed by atoms with Crippen LogP contribution in [0.1, 0.15) is 16.7 Å². The van der Waals surface area contributed by atoms with E-state index in [1.54, 1.807) is 19.2 Å². The number of aryl methyl sites for hydroxylation is 1. The molecule has 0 aliphatic rings. The van der Waals surface area contributed by atoms with E-state index in [1.165, 1.54) is 17.7 Å². The van der Waals surface area contributed by atoms with Crippen molar-refractivity contribution in [2.45, 2.75) is 26.2 Å². The van der Waals surface area contributed by atoms with Gasteiger partial charge in [-0.05, 0) is 30.2 Å². The summed E-state index contributed by atoms with van der Waals surface area (Å²) in [5.41, 5.74) is 3.25. The zero-order valence-electron chi connectivity index (χ0n) is 15.1. The molecule has 0 fully saturated rings. The van der Waals surface area contributed by atoms with Gasteiger partial charge >= 0.3 is 6.18 Å². The summed E-state index contributed by atoms with van der Waals surface area (Å²) in [4.78, 5) is 4.16. The van der Waals surface area contributed by atoms with Gasteiger partial charge in [0.1, 0.15) is 5.75 Å². The minimum atomic E-state index is -4.34. The Labute approximate surface area is 174 Å². The summed E-state index contributed by atoms with van der Waals surface area (Å²) in [7, 11) is 1.68. The molecule has 2 rings (SSSR count). The summed E-state index contributed by atoms with van der Waals surface area (Å²) >= 11 is 0. The van der Waals surface area contributed by atoms with Crippen LogP contribution in [0.4, 0.5) is 13.2 Å². The second-order valence-electron chi connectivity index (χ2n) is 5.82. The van der Waals surface area contributed by atoms with Crippen LogP contribution in [0, 0.1) is 6.92 Å². The molecule has 0 saturated carbocycles. The van der Waals surface area contributed by atoms with E-state index in [0.717, 1.165) is 11.1 Å². The Morgan fingerprint density at radius 3 is 2.19 bits per heavy atom. The first-order chi connectivity index (χ1) is 12.4. The van der Waals surface area contributed by atoms with Crippen LogP contribution in [0.2, 0.25) is 0 Å². The third-order valence-electron chi connectivity index (χ3n) is 3.55. The smallest absolute Gasteiger partial charge is 0.422 e. The number of nitrogens with zero attached hydrogens (tertiary/aromatic N) is 1. The van der Waals surface area contributed by atoms with E-state index in [1.807, 2.05) is 25.1 Å². The molecule has 0 unspecified atom stereocenters. The van der Waals surface area contributed by atoms with Crippen LogP contribution in [0.15, 0.2) is 53.5 Å². The van der Waals surface area contributed by atoms with Gasteiger partial charge in [-0.15, -0.1) is 24.0 Å². The number of rotatable bonds is 6. The number of nitrogens with one attached hydrogen (secondary N) is 2. The predicted octanol–water partition coefficient (Wildman–Crippen LogP) is 4.42. The number of alkyl halides is 3. The SMILES string of the molecule is CN=C(NCc1ccc(OCC(F)(F)F)cc1)NCc1cccc(C)c1.I. The van der Waals surface area contributed by atoms with Crippen molar-refractivity contribution in [3.05, 3.63) is 65.2 Å². The zero-order chi connectivity index (χ0) is 19.0. The van der Waals surface area contributed by atoms with Crippen LogP contribution in [-0.4, -0.2) is 25.8 Å². The number of hydrogen-bond donors (Lipinski definition) is 2. The van der Waals surface area contributed by atoms with E-state index in [0.29, 0.717) is 19.0 Å². The molecule has 0 heterocycles. The predicted molar refractivity (Wildman–Crippen MR) is 112 cm³/mol. The van der Waals surface area contributed by atoms with Gasteiger partial charge in [0.2, 0.25) is 0 Å². The maximum atomic E-state index is 12.1. The van der Waals surface area contributed by atoms with Gasteiger partial charge in [0, 0.05) is 20.1 Å². The molecule has 0 aromatic heterocycles. The van der Waals surface area contributed by atoms with Crippen molar-refractivity contribution >= 4 is 29.9 Å². The number of benzene rings is 2. The molecule has 8 heteroatoms. The highest BCUT2D eigenvalue weighted by Crippen LogP contribution is 2.18. The van der Waals surface area contributed by atoms with Crippen molar-refractivity contribution in [1.82, 2.24) is 10.6 Å². The highest BCUT2D eigenvalue weighted by molar-refractivity contribution is 14.0. The highest BCUT2D eigenvalue weighted by Gasteiger charge is 2.28. The molecule has 0 bridgehead atoms. The Hall–Kier alpha value is -1.97. The molecule has 0 saturated heterocycles. The number of halogens is 4. The van der Waals surface area contributed by atoms with Gasteiger partial charge in [-0.3, -0.25) is 4.99 Å². The lowest BCUT2D eigenvalue weighted by Crippen LogP contribution is -2.36. The largest absolute Gasteiger partial charge is 0.484 e. The Kier molecular flexibility index (Phi) is 9.40. The van der Waals surface area contributed by atoms with E-state index < -0.39 is 12.8 Å². The summed E-state index contributed by atoms with van der Waals surface area (Å²) in [6.45, 7) is 1.89. The zero-order valence-corrected chi connectivity index (χ0v) is 17.5. The molecular formula is C19H23F3IN3O. The Morgan fingerprint density at radius 2 is 1.63 bits per heavy atom. The van der Waals surface area contributed by atoms with Crippen molar-refractivity contribution in [3.63, 3.8) is 0 Å². The number of aliphatic imine (C=N–C) groups is 1. The van der Waals surface area contributed by atoms with Crippen LogP contribution in [-0.2, 0) is 13.1 Å². The summed E-state index contributed by atoms with van der Waals surface area (Å²) in [6, 6.07) is 14.6. The third-order valence-corrected chi connectivity index (χ3v) is 3.55. The first-order valence-electron chi connectivity index (χ1n) is 8.14. The standard InChI is InChI=1S/C19H22F3N3O.HI/c1-14-4-3-5-16(10-14)12-25-18(23-2)24-11-15-6-8-17(9-7-15)26-13-19(20,21)22;/h3-10H,11-13H2,1-2H3,(H2,23,24,25);1H. The quantitative estimate of drug-likeness (QED) is 0.356. The van der Waals surface area contributed by atoms with Crippen LogP contribution < -0.4 is 15.4 Å². The summed E-state index contributed by atoms with van der Waals surface area (Å²) in [6.07, 6.45) is -4.34. The average molecular weight is 493 g/mol. The van der Waals surface area contributed by atoms with Gasteiger partial charge in [-0.1, -0.05) is 42.0 Å². The minimum Gasteiger partial charge on any atom is -0.484 e. The van der Waals surface area contributed by atoms with Crippen molar-refractivity contribution in [2.75, 3.05) is 13.7 Å². The monoisotopic (exact) mass is 493 g/mol. The highest BCUT2D eigenvalue weighted by atomic mass is 127. The first kappa shape index (κ1) is 23.1. The Bertz CT molecular complexity index is 734. The van der Waals surface area contributed by atoms with E-state index in [2.05, 4.69) is 26.4 Å². The van der Waals surface area contributed by atoms with Crippen LogP contribution >= 0.6 is 24.0 Å². The van der Waals surface area contributed by atoms with Crippen LogP contribution in [0.25, 0.3) is 0 Å². The third kappa shape index (κ3) is 8.98. The number of guanidine groups is 1. The lowest BCUT2D eigenvalue weighted by atomic mass is 10.1. The molecule has 0 aliphatic heterocycles. The molecule has 0 radical (unpaired) electrons. The fourth-order valence-corrected chi connectivity index (χ4v) is 2.28. The molecular weight excluding hydrogens is 470 g/mol. The van der Waals surface area contributed by atoms with Gasteiger partial charge in [0.25, 0.3) is 0 Å². The van der Waals surface area contributed by atoms with Crippen LogP contribution in [0.3, 0.4) is 0 Å².